The molecule has 0 radical (unpaired) electrons. The van der Waals surface area contributed by atoms with Crippen LogP contribution in [0.2, 0.25) is 0 Å². The highest BCUT2D eigenvalue weighted by molar-refractivity contribution is 7.20. The summed E-state index contributed by atoms with van der Waals surface area (Å²) >= 11 is 1.26. The van der Waals surface area contributed by atoms with Crippen LogP contribution < -0.4 is 10.3 Å². The molecule has 0 spiro atoms. The van der Waals surface area contributed by atoms with Crippen molar-refractivity contribution < 1.29 is 13.9 Å². The molecule has 8 nitrogen and oxygen atoms in total. The lowest BCUT2D eigenvalue weighted by Gasteiger charge is -2.33. The molecule has 170 valence electrons. The van der Waals surface area contributed by atoms with Crippen molar-refractivity contribution in [3.63, 3.8) is 0 Å². The standard InChI is InChI=1S/C24H24N4O4S/c1-14-19-21(29)26-13-27-23(19)33-20(14)24(30)28-9-4-3-8-18(28)22-25-12-17(32-22)11-15-6-5-7-16(10-15)31-2/h5-7,10,12-13,18H,3-4,8-9,11H2,1-2H3,(H,26,27,29)/t18-/m1/s1. The third kappa shape index (κ3) is 4.04. The van der Waals surface area contributed by atoms with E-state index < -0.39 is 0 Å². The van der Waals surface area contributed by atoms with E-state index in [9.17, 15) is 9.59 Å². The molecule has 1 aliphatic heterocycles. The molecule has 0 bridgehead atoms. The van der Waals surface area contributed by atoms with Crippen LogP contribution in [0.25, 0.3) is 10.2 Å². The Labute approximate surface area is 194 Å². The molecular formula is C24H24N4O4S. The number of fused-ring (bicyclic) bond motifs is 1. The van der Waals surface area contributed by atoms with Crippen molar-refractivity contribution >= 4 is 27.5 Å². The molecule has 0 saturated carbocycles. The number of hydrogen-bond donors (Lipinski definition) is 1. The predicted molar refractivity (Wildman–Crippen MR) is 125 cm³/mol. The van der Waals surface area contributed by atoms with Crippen molar-refractivity contribution in [1.82, 2.24) is 19.9 Å². The number of aromatic amines is 1. The number of aromatic nitrogens is 3. The SMILES string of the molecule is COc1cccc(Cc2cnc([C@H]3CCCCN3C(=O)c3sc4nc[nH]c(=O)c4c3C)o2)c1. The van der Waals surface area contributed by atoms with Crippen LogP contribution in [0.15, 0.2) is 46.0 Å². The Kier molecular flexibility index (Phi) is 5.72. The fourth-order valence-electron chi connectivity index (χ4n) is 4.39. The van der Waals surface area contributed by atoms with Gasteiger partial charge in [0, 0.05) is 13.0 Å². The fourth-order valence-corrected chi connectivity index (χ4v) is 5.49. The van der Waals surface area contributed by atoms with Crippen LogP contribution in [0, 0.1) is 6.92 Å². The van der Waals surface area contributed by atoms with Gasteiger partial charge in [0.25, 0.3) is 11.5 Å². The Bertz CT molecular complexity index is 1370. The minimum atomic E-state index is -0.235. The molecule has 0 unspecified atom stereocenters. The first-order valence-electron chi connectivity index (χ1n) is 10.9. The van der Waals surface area contributed by atoms with Crippen LogP contribution in [-0.4, -0.2) is 39.4 Å². The number of ether oxygens (including phenoxy) is 1. The lowest BCUT2D eigenvalue weighted by Crippen LogP contribution is -2.38. The molecule has 9 heteroatoms. The highest BCUT2D eigenvalue weighted by Crippen LogP contribution is 2.35. The second-order valence-electron chi connectivity index (χ2n) is 8.17. The minimum Gasteiger partial charge on any atom is -0.497 e. The number of methoxy groups -OCH3 is 1. The van der Waals surface area contributed by atoms with Crippen molar-refractivity contribution in [2.75, 3.05) is 13.7 Å². The predicted octanol–water partition coefficient (Wildman–Crippen LogP) is 4.25. The highest BCUT2D eigenvalue weighted by atomic mass is 32.1. The average molecular weight is 465 g/mol. The molecule has 33 heavy (non-hydrogen) atoms. The maximum absolute atomic E-state index is 13.6. The monoisotopic (exact) mass is 464 g/mol. The first kappa shape index (κ1) is 21.4. The summed E-state index contributed by atoms with van der Waals surface area (Å²) in [5.41, 5.74) is 1.51. The lowest BCUT2D eigenvalue weighted by molar-refractivity contribution is 0.0574. The van der Waals surface area contributed by atoms with Gasteiger partial charge in [0.05, 0.1) is 29.9 Å². The number of carbonyl (C=O) groups excluding carboxylic acids is 1. The summed E-state index contributed by atoms with van der Waals surface area (Å²) < 4.78 is 11.4. The van der Waals surface area contributed by atoms with Gasteiger partial charge in [-0.25, -0.2) is 9.97 Å². The summed E-state index contributed by atoms with van der Waals surface area (Å²) in [4.78, 5) is 40.1. The summed E-state index contributed by atoms with van der Waals surface area (Å²) in [6.45, 7) is 2.42. The van der Waals surface area contributed by atoms with Crippen LogP contribution in [0.5, 0.6) is 5.75 Å². The van der Waals surface area contributed by atoms with Crippen molar-refractivity contribution in [3.05, 3.63) is 74.8 Å². The second-order valence-corrected chi connectivity index (χ2v) is 9.17. The molecule has 5 rings (SSSR count). The molecule has 1 aromatic carbocycles. The number of nitrogens with zero attached hydrogens (tertiary/aromatic N) is 3. The van der Waals surface area contributed by atoms with E-state index in [4.69, 9.17) is 9.15 Å². The van der Waals surface area contributed by atoms with Crippen LogP contribution in [-0.2, 0) is 6.42 Å². The van der Waals surface area contributed by atoms with E-state index in [0.717, 1.165) is 36.3 Å². The van der Waals surface area contributed by atoms with E-state index in [0.29, 0.717) is 39.5 Å². The quantitative estimate of drug-likeness (QED) is 0.474. The molecule has 1 saturated heterocycles. The van der Waals surface area contributed by atoms with E-state index in [1.807, 2.05) is 29.2 Å². The topological polar surface area (TPSA) is 101 Å². The number of benzene rings is 1. The summed E-state index contributed by atoms with van der Waals surface area (Å²) in [5, 5.41) is 0.483. The summed E-state index contributed by atoms with van der Waals surface area (Å²) in [7, 11) is 1.64. The zero-order chi connectivity index (χ0) is 22.9. The molecule has 1 atom stereocenters. The fraction of sp³-hybridized carbons (Fsp3) is 0.333. The van der Waals surface area contributed by atoms with E-state index in [-0.39, 0.29) is 17.5 Å². The molecular weight excluding hydrogens is 440 g/mol. The number of rotatable bonds is 5. The van der Waals surface area contributed by atoms with Crippen molar-refractivity contribution in [2.45, 2.75) is 38.6 Å². The number of carbonyl (C=O) groups is 1. The zero-order valence-electron chi connectivity index (χ0n) is 18.5. The number of thiophene rings is 1. The zero-order valence-corrected chi connectivity index (χ0v) is 19.3. The Morgan fingerprint density at radius 1 is 1.33 bits per heavy atom. The van der Waals surface area contributed by atoms with Crippen LogP contribution in [0.1, 0.15) is 57.8 Å². The number of likely N-dealkylation sites (tertiary alicyclic amines) is 1. The van der Waals surface area contributed by atoms with E-state index in [2.05, 4.69) is 15.0 Å². The molecule has 0 aliphatic carbocycles. The Morgan fingerprint density at radius 2 is 2.21 bits per heavy atom. The maximum atomic E-state index is 13.6. The van der Waals surface area contributed by atoms with Gasteiger partial charge in [-0.15, -0.1) is 11.3 Å². The number of oxazole rings is 1. The summed E-state index contributed by atoms with van der Waals surface area (Å²) in [5.74, 6) is 1.98. The van der Waals surface area contributed by atoms with E-state index in [1.165, 1.54) is 17.7 Å². The summed E-state index contributed by atoms with van der Waals surface area (Å²) in [6, 6.07) is 7.60. The number of hydrogen-bond acceptors (Lipinski definition) is 7. The Hall–Kier alpha value is -3.46. The van der Waals surface area contributed by atoms with Crippen molar-refractivity contribution in [2.24, 2.45) is 0 Å². The minimum absolute atomic E-state index is 0.104. The van der Waals surface area contributed by atoms with Gasteiger partial charge >= 0.3 is 0 Å². The largest absolute Gasteiger partial charge is 0.497 e. The normalized spacial score (nSPS) is 16.3. The number of piperidine rings is 1. The first-order valence-corrected chi connectivity index (χ1v) is 11.7. The van der Waals surface area contributed by atoms with Gasteiger partial charge in [-0.2, -0.15) is 0 Å². The number of H-pyrrole nitrogens is 1. The number of nitrogens with one attached hydrogen (secondary N) is 1. The Morgan fingerprint density at radius 3 is 3.03 bits per heavy atom. The van der Waals surface area contributed by atoms with E-state index in [1.54, 1.807) is 20.2 Å². The highest BCUT2D eigenvalue weighted by Gasteiger charge is 2.34. The van der Waals surface area contributed by atoms with Gasteiger partial charge < -0.3 is 19.0 Å². The summed E-state index contributed by atoms with van der Waals surface area (Å²) in [6.07, 6.45) is 6.40. The maximum Gasteiger partial charge on any atom is 0.264 e. The molecule has 4 heterocycles. The molecule has 1 amide bonds. The van der Waals surface area contributed by atoms with Crippen molar-refractivity contribution in [3.8, 4) is 5.75 Å². The first-order chi connectivity index (χ1) is 16.0. The number of aryl methyl sites for hydroxylation is 1. The third-order valence-electron chi connectivity index (χ3n) is 6.06. The van der Waals surface area contributed by atoms with Crippen LogP contribution in [0.4, 0.5) is 0 Å². The van der Waals surface area contributed by atoms with Gasteiger partial charge in [0.1, 0.15) is 22.4 Å². The van der Waals surface area contributed by atoms with Gasteiger partial charge in [0.2, 0.25) is 5.89 Å². The van der Waals surface area contributed by atoms with E-state index >= 15 is 0 Å². The van der Waals surface area contributed by atoms with Crippen LogP contribution >= 0.6 is 11.3 Å². The molecule has 1 N–H and O–H groups in total. The second kappa shape index (κ2) is 8.82. The lowest BCUT2D eigenvalue weighted by atomic mass is 10.0. The van der Waals surface area contributed by atoms with Crippen LogP contribution in [0.3, 0.4) is 0 Å². The number of amides is 1. The molecule has 1 aliphatic rings. The molecule has 3 aromatic heterocycles. The van der Waals surface area contributed by atoms with Gasteiger partial charge in [0.15, 0.2) is 0 Å². The van der Waals surface area contributed by atoms with Gasteiger partial charge in [-0.05, 0) is 49.4 Å². The van der Waals surface area contributed by atoms with Gasteiger partial charge in [-0.1, -0.05) is 12.1 Å². The van der Waals surface area contributed by atoms with Gasteiger partial charge in [-0.3, -0.25) is 9.59 Å². The van der Waals surface area contributed by atoms with Crippen molar-refractivity contribution in [1.29, 1.82) is 0 Å². The smallest absolute Gasteiger partial charge is 0.264 e. The average Bonchev–Trinajstić information content (AvgIpc) is 3.44. The third-order valence-corrected chi connectivity index (χ3v) is 7.25. The molecule has 1 fully saturated rings. The Balaban J connectivity index is 1.42. The molecule has 4 aromatic rings.